The van der Waals surface area contributed by atoms with E-state index in [4.69, 9.17) is 0 Å². The van der Waals surface area contributed by atoms with Crippen LogP contribution in [0.2, 0.25) is 0 Å². The molecule has 0 unspecified atom stereocenters. The van der Waals surface area contributed by atoms with Crippen LogP contribution in [0.3, 0.4) is 0 Å². The van der Waals surface area contributed by atoms with Gasteiger partial charge >= 0.3 is 0 Å². The van der Waals surface area contributed by atoms with E-state index in [0.29, 0.717) is 0 Å². The number of aromatic nitrogens is 2. The molecule has 2 heterocycles. The summed E-state index contributed by atoms with van der Waals surface area (Å²) in [6, 6.07) is 2.02. The summed E-state index contributed by atoms with van der Waals surface area (Å²) in [6.07, 6.45) is 1.57. The maximum atomic E-state index is 10.5. The average Bonchev–Trinajstić information content (AvgIpc) is 2.26. The number of nitrogens with zero attached hydrogens (tertiary/aromatic N) is 4. The third-order valence-electron chi connectivity index (χ3n) is 3.58. The molecule has 19 heavy (non-hydrogen) atoms. The van der Waals surface area contributed by atoms with Gasteiger partial charge in [0.25, 0.3) is 0 Å². The van der Waals surface area contributed by atoms with Crippen molar-refractivity contribution in [3.8, 4) is 0 Å². The third kappa shape index (κ3) is 3.64. The van der Waals surface area contributed by atoms with Crippen LogP contribution in [0.1, 0.15) is 24.4 Å². The van der Waals surface area contributed by atoms with Crippen molar-refractivity contribution in [1.82, 2.24) is 14.9 Å². The zero-order valence-corrected chi connectivity index (χ0v) is 12.3. The fourth-order valence-electron chi connectivity index (χ4n) is 2.76. The van der Waals surface area contributed by atoms with E-state index >= 15 is 0 Å². The van der Waals surface area contributed by atoms with Crippen LogP contribution >= 0.6 is 0 Å². The Morgan fingerprint density at radius 2 is 1.89 bits per heavy atom. The van der Waals surface area contributed by atoms with E-state index in [1.165, 1.54) is 0 Å². The molecule has 0 aromatic carbocycles. The molecule has 0 spiro atoms. The predicted molar refractivity (Wildman–Crippen MR) is 76.5 cm³/mol. The van der Waals surface area contributed by atoms with E-state index in [0.717, 1.165) is 49.8 Å². The van der Waals surface area contributed by atoms with Crippen molar-refractivity contribution in [2.24, 2.45) is 0 Å². The first kappa shape index (κ1) is 14.2. The van der Waals surface area contributed by atoms with Gasteiger partial charge in [-0.2, -0.15) is 0 Å². The Kier molecular flexibility index (Phi) is 4.06. The zero-order valence-electron chi connectivity index (χ0n) is 12.3. The highest BCUT2D eigenvalue weighted by Gasteiger charge is 2.33. The number of likely N-dealkylation sites (N-methyl/N-ethyl adjacent to an activating group) is 1. The van der Waals surface area contributed by atoms with E-state index in [1.54, 1.807) is 0 Å². The SMILES string of the molecule is Cc1cc(N2CCC(O)(CN(C)C)CC2)nc(C)n1. The molecule has 106 valence electrons. The second-order valence-corrected chi connectivity index (χ2v) is 5.86. The molecule has 1 N–H and O–H groups in total. The second-order valence-electron chi connectivity index (χ2n) is 5.86. The summed E-state index contributed by atoms with van der Waals surface area (Å²) in [6.45, 7) is 6.33. The lowest BCUT2D eigenvalue weighted by Crippen LogP contribution is -2.49. The molecular weight excluding hydrogens is 240 g/mol. The minimum atomic E-state index is -0.558. The van der Waals surface area contributed by atoms with Crippen LogP contribution in [0, 0.1) is 13.8 Å². The molecule has 1 aromatic rings. The van der Waals surface area contributed by atoms with E-state index < -0.39 is 5.60 Å². The molecular formula is C14H24N4O. The molecule has 0 saturated carbocycles. The Hall–Kier alpha value is -1.20. The Labute approximate surface area is 115 Å². The molecule has 0 amide bonds. The quantitative estimate of drug-likeness (QED) is 0.882. The van der Waals surface area contributed by atoms with Gasteiger partial charge in [0.1, 0.15) is 11.6 Å². The number of hydrogen-bond donors (Lipinski definition) is 1. The summed E-state index contributed by atoms with van der Waals surface area (Å²) in [5.41, 5.74) is 0.438. The fraction of sp³-hybridized carbons (Fsp3) is 0.714. The number of aryl methyl sites for hydroxylation is 2. The van der Waals surface area contributed by atoms with Crippen molar-refractivity contribution in [2.45, 2.75) is 32.3 Å². The summed E-state index contributed by atoms with van der Waals surface area (Å²) in [7, 11) is 4.00. The topological polar surface area (TPSA) is 52.5 Å². The van der Waals surface area contributed by atoms with E-state index in [-0.39, 0.29) is 0 Å². The molecule has 1 aliphatic heterocycles. The van der Waals surface area contributed by atoms with Crippen molar-refractivity contribution in [3.63, 3.8) is 0 Å². The molecule has 0 atom stereocenters. The third-order valence-corrected chi connectivity index (χ3v) is 3.58. The summed E-state index contributed by atoms with van der Waals surface area (Å²) >= 11 is 0. The van der Waals surface area contributed by atoms with Crippen molar-refractivity contribution >= 4 is 5.82 Å². The highest BCUT2D eigenvalue weighted by molar-refractivity contribution is 5.40. The molecule has 1 aromatic heterocycles. The molecule has 1 aliphatic rings. The average molecular weight is 264 g/mol. The molecule has 5 nitrogen and oxygen atoms in total. The van der Waals surface area contributed by atoms with Crippen LogP contribution in [-0.4, -0.2) is 59.3 Å². The molecule has 0 aliphatic carbocycles. The zero-order chi connectivity index (χ0) is 14.0. The smallest absolute Gasteiger partial charge is 0.132 e. The Bertz CT molecular complexity index is 419. The maximum Gasteiger partial charge on any atom is 0.132 e. The van der Waals surface area contributed by atoms with Crippen LogP contribution in [0.4, 0.5) is 5.82 Å². The van der Waals surface area contributed by atoms with Gasteiger partial charge in [0.15, 0.2) is 0 Å². The Morgan fingerprint density at radius 3 is 2.42 bits per heavy atom. The molecule has 1 fully saturated rings. The standard InChI is InChI=1S/C14H24N4O/c1-11-9-13(16-12(2)15-11)18-7-5-14(19,6-8-18)10-17(3)4/h9,19H,5-8,10H2,1-4H3. The van der Waals surface area contributed by atoms with Gasteiger partial charge in [0, 0.05) is 31.4 Å². The van der Waals surface area contributed by atoms with Crippen molar-refractivity contribution in [2.75, 3.05) is 38.6 Å². The number of aliphatic hydroxyl groups is 1. The van der Waals surface area contributed by atoms with Crippen LogP contribution in [0.5, 0.6) is 0 Å². The summed E-state index contributed by atoms with van der Waals surface area (Å²) in [5, 5.41) is 10.5. The summed E-state index contributed by atoms with van der Waals surface area (Å²) < 4.78 is 0. The number of hydrogen-bond acceptors (Lipinski definition) is 5. The van der Waals surface area contributed by atoms with Gasteiger partial charge in [-0.1, -0.05) is 0 Å². The normalized spacial score (nSPS) is 18.9. The lowest BCUT2D eigenvalue weighted by Gasteiger charge is -2.40. The maximum absolute atomic E-state index is 10.5. The minimum Gasteiger partial charge on any atom is -0.388 e. The van der Waals surface area contributed by atoms with Gasteiger partial charge in [0.2, 0.25) is 0 Å². The molecule has 2 rings (SSSR count). The predicted octanol–water partition coefficient (Wildman–Crippen LogP) is 0.986. The highest BCUT2D eigenvalue weighted by Crippen LogP contribution is 2.26. The first-order chi connectivity index (χ1) is 8.88. The van der Waals surface area contributed by atoms with Crippen molar-refractivity contribution < 1.29 is 5.11 Å². The van der Waals surface area contributed by atoms with Crippen LogP contribution in [0.15, 0.2) is 6.07 Å². The van der Waals surface area contributed by atoms with Crippen LogP contribution in [-0.2, 0) is 0 Å². The first-order valence-electron chi connectivity index (χ1n) is 6.82. The van der Waals surface area contributed by atoms with Crippen molar-refractivity contribution in [3.05, 3.63) is 17.6 Å². The Balaban J connectivity index is 2.03. The fourth-order valence-corrected chi connectivity index (χ4v) is 2.76. The van der Waals surface area contributed by atoms with Gasteiger partial charge in [-0.15, -0.1) is 0 Å². The molecule has 0 bridgehead atoms. The van der Waals surface area contributed by atoms with Crippen LogP contribution < -0.4 is 4.90 Å². The minimum absolute atomic E-state index is 0.558. The first-order valence-corrected chi connectivity index (χ1v) is 6.82. The number of anilines is 1. The van der Waals surface area contributed by atoms with Gasteiger partial charge in [-0.25, -0.2) is 9.97 Å². The number of piperidine rings is 1. The summed E-state index contributed by atoms with van der Waals surface area (Å²) in [4.78, 5) is 13.1. The van der Waals surface area contributed by atoms with Gasteiger partial charge in [-0.05, 0) is 40.8 Å². The largest absolute Gasteiger partial charge is 0.388 e. The van der Waals surface area contributed by atoms with E-state index in [1.807, 2.05) is 34.0 Å². The van der Waals surface area contributed by atoms with Gasteiger partial charge in [0.05, 0.1) is 5.60 Å². The molecule has 0 radical (unpaired) electrons. The lowest BCUT2D eigenvalue weighted by atomic mass is 9.91. The van der Waals surface area contributed by atoms with Gasteiger partial charge in [-0.3, -0.25) is 0 Å². The molecule has 5 heteroatoms. The summed E-state index contributed by atoms with van der Waals surface area (Å²) in [5.74, 6) is 1.79. The van der Waals surface area contributed by atoms with E-state index in [9.17, 15) is 5.11 Å². The van der Waals surface area contributed by atoms with Crippen LogP contribution in [0.25, 0.3) is 0 Å². The van der Waals surface area contributed by atoms with E-state index in [2.05, 4.69) is 19.8 Å². The molecule has 1 saturated heterocycles. The van der Waals surface area contributed by atoms with Gasteiger partial charge < -0.3 is 14.9 Å². The number of rotatable bonds is 3. The van der Waals surface area contributed by atoms with Crippen molar-refractivity contribution in [1.29, 1.82) is 0 Å². The monoisotopic (exact) mass is 264 g/mol. The Morgan fingerprint density at radius 1 is 1.26 bits per heavy atom. The second kappa shape index (κ2) is 5.43. The highest BCUT2D eigenvalue weighted by atomic mass is 16.3. The lowest BCUT2D eigenvalue weighted by molar-refractivity contribution is -0.00547.